The zero-order valence-electron chi connectivity index (χ0n) is 18.1. The Morgan fingerprint density at radius 2 is 1.70 bits per heavy atom. The lowest BCUT2D eigenvalue weighted by molar-refractivity contribution is -0.137. The van der Waals surface area contributed by atoms with Crippen LogP contribution in [0.5, 0.6) is 0 Å². The van der Waals surface area contributed by atoms with Gasteiger partial charge in [0.05, 0.1) is 5.56 Å². The van der Waals surface area contributed by atoms with Crippen molar-refractivity contribution >= 4 is 5.96 Å². The number of alkyl halides is 3. The summed E-state index contributed by atoms with van der Waals surface area (Å²) in [6, 6.07) is 5.94. The van der Waals surface area contributed by atoms with Gasteiger partial charge in [-0.3, -0.25) is 14.8 Å². The Morgan fingerprint density at radius 3 is 2.30 bits per heavy atom. The van der Waals surface area contributed by atoms with Gasteiger partial charge in [0.15, 0.2) is 5.96 Å². The van der Waals surface area contributed by atoms with Crippen molar-refractivity contribution < 1.29 is 13.2 Å². The highest BCUT2D eigenvalue weighted by Gasteiger charge is 2.30. The lowest BCUT2D eigenvalue weighted by Gasteiger charge is -2.40. The minimum Gasteiger partial charge on any atom is -0.355 e. The van der Waals surface area contributed by atoms with Crippen LogP contribution in [-0.2, 0) is 12.7 Å². The van der Waals surface area contributed by atoms with E-state index in [0.29, 0.717) is 12.6 Å². The lowest BCUT2D eigenvalue weighted by atomic mass is 10.1. The van der Waals surface area contributed by atoms with Crippen LogP contribution in [0.1, 0.15) is 11.1 Å². The number of benzene rings is 1. The van der Waals surface area contributed by atoms with Crippen molar-refractivity contribution in [2.45, 2.75) is 18.8 Å². The molecule has 2 aliphatic heterocycles. The Hall–Kier alpha value is -1.84. The van der Waals surface area contributed by atoms with Crippen molar-refractivity contribution in [3.8, 4) is 0 Å². The summed E-state index contributed by atoms with van der Waals surface area (Å²) < 4.78 is 38.1. The van der Waals surface area contributed by atoms with Gasteiger partial charge in [0.1, 0.15) is 0 Å². The molecular weight excluding hydrogens is 393 g/mol. The summed E-state index contributed by atoms with van der Waals surface area (Å²) >= 11 is 0. The molecule has 0 spiro atoms. The van der Waals surface area contributed by atoms with E-state index in [1.165, 1.54) is 0 Å². The molecule has 9 heteroatoms. The van der Waals surface area contributed by atoms with E-state index in [1.807, 2.05) is 7.05 Å². The topological polar surface area (TPSA) is 37.4 Å². The lowest BCUT2D eigenvalue weighted by Crippen LogP contribution is -2.57. The summed E-state index contributed by atoms with van der Waals surface area (Å²) in [5, 5.41) is 3.53. The Labute approximate surface area is 177 Å². The van der Waals surface area contributed by atoms with Gasteiger partial charge in [-0.1, -0.05) is 12.1 Å². The van der Waals surface area contributed by atoms with E-state index < -0.39 is 11.7 Å². The van der Waals surface area contributed by atoms with Crippen LogP contribution >= 0.6 is 0 Å². The highest BCUT2D eigenvalue weighted by Crippen LogP contribution is 2.29. The molecule has 2 heterocycles. The highest BCUT2D eigenvalue weighted by atomic mass is 19.4. The van der Waals surface area contributed by atoms with Crippen LogP contribution in [0.15, 0.2) is 29.3 Å². The molecular formula is C21H33F3N6. The first-order valence-electron chi connectivity index (χ1n) is 10.5. The molecule has 1 aromatic carbocycles. The third-order valence-electron chi connectivity index (χ3n) is 6.05. The largest absolute Gasteiger partial charge is 0.416 e. The number of aliphatic imine (C=N–C) groups is 1. The maximum absolute atomic E-state index is 12.7. The molecule has 0 radical (unpaired) electrons. The van der Waals surface area contributed by atoms with Gasteiger partial charge in [0.25, 0.3) is 0 Å². The summed E-state index contributed by atoms with van der Waals surface area (Å²) in [6.07, 6.45) is -4.28. The Balaban J connectivity index is 1.45. The van der Waals surface area contributed by atoms with Gasteiger partial charge in [-0.25, -0.2) is 0 Å². The molecule has 1 atom stereocenters. The molecule has 0 amide bonds. The molecule has 0 aromatic heterocycles. The number of halogens is 3. The number of nitrogens with one attached hydrogen (secondary N) is 1. The average Bonchev–Trinajstić information content (AvgIpc) is 2.72. The maximum atomic E-state index is 12.7. The molecule has 1 unspecified atom stereocenters. The first-order chi connectivity index (χ1) is 14.3. The van der Waals surface area contributed by atoms with E-state index in [1.54, 1.807) is 12.1 Å². The summed E-state index contributed by atoms with van der Waals surface area (Å²) in [4.78, 5) is 13.7. The molecule has 2 saturated heterocycles. The van der Waals surface area contributed by atoms with Crippen LogP contribution in [0.4, 0.5) is 13.2 Å². The van der Waals surface area contributed by atoms with E-state index in [0.717, 1.165) is 76.0 Å². The molecule has 168 valence electrons. The first kappa shape index (κ1) is 22.8. The van der Waals surface area contributed by atoms with Gasteiger partial charge in [-0.2, -0.15) is 13.2 Å². The molecule has 1 N–H and O–H groups in total. The predicted molar refractivity (Wildman–Crippen MR) is 114 cm³/mol. The molecule has 6 nitrogen and oxygen atoms in total. The fourth-order valence-electron chi connectivity index (χ4n) is 4.04. The zero-order chi connectivity index (χ0) is 21.7. The Kier molecular flexibility index (Phi) is 7.60. The molecule has 2 fully saturated rings. The van der Waals surface area contributed by atoms with E-state index in [-0.39, 0.29) is 0 Å². The van der Waals surface area contributed by atoms with E-state index >= 15 is 0 Å². The number of piperazine rings is 2. The SMILES string of the molecule is CN=C(NCC1CN(C)CCN1C)N1CCN(Cc2ccc(C(F)(F)F)cc2)CC1. The predicted octanol–water partition coefficient (Wildman–Crippen LogP) is 1.64. The van der Waals surface area contributed by atoms with Gasteiger partial charge in [-0.15, -0.1) is 0 Å². The zero-order valence-corrected chi connectivity index (χ0v) is 18.1. The molecule has 0 saturated carbocycles. The third kappa shape index (κ3) is 6.09. The van der Waals surface area contributed by atoms with Crippen LogP contribution in [0, 0.1) is 0 Å². The van der Waals surface area contributed by atoms with Gasteiger partial charge in [0, 0.05) is 72.0 Å². The fraction of sp³-hybridized carbons (Fsp3) is 0.667. The second-order valence-electron chi connectivity index (χ2n) is 8.28. The average molecular weight is 427 g/mol. The molecule has 30 heavy (non-hydrogen) atoms. The van der Waals surface area contributed by atoms with Crippen LogP contribution < -0.4 is 5.32 Å². The van der Waals surface area contributed by atoms with Crippen LogP contribution in [0.3, 0.4) is 0 Å². The van der Waals surface area contributed by atoms with Crippen LogP contribution in [0.2, 0.25) is 0 Å². The van der Waals surface area contributed by atoms with E-state index in [9.17, 15) is 13.2 Å². The Bertz CT molecular complexity index is 698. The number of likely N-dealkylation sites (N-methyl/N-ethyl adjacent to an activating group) is 2. The fourth-order valence-corrected chi connectivity index (χ4v) is 4.04. The van der Waals surface area contributed by atoms with E-state index in [4.69, 9.17) is 0 Å². The van der Waals surface area contributed by atoms with Crippen molar-refractivity contribution in [2.24, 2.45) is 4.99 Å². The maximum Gasteiger partial charge on any atom is 0.416 e. The molecule has 2 aliphatic rings. The monoisotopic (exact) mass is 426 g/mol. The van der Waals surface area contributed by atoms with Crippen LogP contribution in [-0.4, -0.2) is 105 Å². The molecule has 0 bridgehead atoms. The molecule has 3 rings (SSSR count). The quantitative estimate of drug-likeness (QED) is 0.585. The van der Waals surface area contributed by atoms with Crippen molar-refractivity contribution in [2.75, 3.05) is 73.5 Å². The number of guanidine groups is 1. The minimum absolute atomic E-state index is 0.460. The second-order valence-corrected chi connectivity index (χ2v) is 8.28. The van der Waals surface area contributed by atoms with Crippen molar-refractivity contribution in [1.29, 1.82) is 0 Å². The number of nitrogens with zero attached hydrogens (tertiary/aromatic N) is 5. The van der Waals surface area contributed by atoms with Crippen molar-refractivity contribution in [3.05, 3.63) is 35.4 Å². The normalized spacial score (nSPS) is 23.1. The van der Waals surface area contributed by atoms with Gasteiger partial charge in [0.2, 0.25) is 0 Å². The minimum atomic E-state index is -4.28. The summed E-state index contributed by atoms with van der Waals surface area (Å²) in [5.74, 6) is 0.922. The number of rotatable bonds is 4. The van der Waals surface area contributed by atoms with Gasteiger partial charge in [-0.05, 0) is 31.8 Å². The van der Waals surface area contributed by atoms with E-state index in [2.05, 4.69) is 44.0 Å². The standard InChI is InChI=1S/C21H33F3N6/c1-25-20(26-14-19-16-27(2)8-9-28(19)3)30-12-10-29(11-13-30)15-17-4-6-18(7-5-17)21(22,23)24/h4-7,19H,8-16H2,1-3H3,(H,25,26). The second kappa shape index (κ2) is 9.98. The smallest absolute Gasteiger partial charge is 0.355 e. The number of hydrogen-bond donors (Lipinski definition) is 1. The summed E-state index contributed by atoms with van der Waals surface area (Å²) in [6.45, 7) is 8.15. The first-order valence-corrected chi connectivity index (χ1v) is 10.5. The molecule has 1 aromatic rings. The van der Waals surface area contributed by atoms with Gasteiger partial charge >= 0.3 is 6.18 Å². The van der Waals surface area contributed by atoms with Crippen molar-refractivity contribution in [1.82, 2.24) is 24.9 Å². The van der Waals surface area contributed by atoms with Crippen molar-refractivity contribution in [3.63, 3.8) is 0 Å². The number of hydrogen-bond acceptors (Lipinski definition) is 4. The Morgan fingerprint density at radius 1 is 1.03 bits per heavy atom. The van der Waals surface area contributed by atoms with Crippen LogP contribution in [0.25, 0.3) is 0 Å². The third-order valence-corrected chi connectivity index (χ3v) is 6.05. The summed E-state index contributed by atoms with van der Waals surface area (Å²) in [7, 11) is 6.14. The molecule has 0 aliphatic carbocycles. The highest BCUT2D eigenvalue weighted by molar-refractivity contribution is 5.80. The summed E-state index contributed by atoms with van der Waals surface area (Å²) in [5.41, 5.74) is 0.309. The van der Waals surface area contributed by atoms with Gasteiger partial charge < -0.3 is 15.1 Å².